The van der Waals surface area contributed by atoms with Crippen LogP contribution in [0.1, 0.15) is 38.6 Å². The zero-order valence-corrected chi connectivity index (χ0v) is 12.7. The Balaban J connectivity index is 3.07. The molecule has 0 aliphatic carbocycles. The summed E-state index contributed by atoms with van der Waals surface area (Å²) in [6.07, 6.45) is 1.48. The Hall–Kier alpha value is -1.36. The summed E-state index contributed by atoms with van der Waals surface area (Å²) >= 11 is 0. The van der Waals surface area contributed by atoms with Crippen LogP contribution >= 0.6 is 0 Å². The first kappa shape index (κ1) is 15.7. The van der Waals surface area contributed by atoms with E-state index in [1.807, 2.05) is 25.8 Å². The first-order chi connectivity index (χ1) is 8.99. The number of nitrogens with one attached hydrogen (secondary N) is 1. The maximum atomic E-state index is 9.51. The Morgan fingerprint density at radius 3 is 2.53 bits per heavy atom. The fourth-order valence-corrected chi connectivity index (χ4v) is 1.98. The first-order valence-corrected chi connectivity index (χ1v) is 7.00. The minimum absolute atomic E-state index is 0.378. The molecule has 0 spiro atoms. The number of aromatic nitrogens is 2. The maximum Gasteiger partial charge on any atom is 0.137 e. The zero-order chi connectivity index (χ0) is 14.4. The van der Waals surface area contributed by atoms with Gasteiger partial charge in [0.2, 0.25) is 0 Å². The lowest BCUT2D eigenvalue weighted by Crippen LogP contribution is -2.29. The normalized spacial score (nSPS) is 12.3. The van der Waals surface area contributed by atoms with Gasteiger partial charge in [-0.15, -0.1) is 0 Å². The zero-order valence-electron chi connectivity index (χ0n) is 12.7. The van der Waals surface area contributed by atoms with Gasteiger partial charge in [0.25, 0.3) is 0 Å². The summed E-state index contributed by atoms with van der Waals surface area (Å²) in [6, 6.07) is 0. The number of likely N-dealkylation sites (N-methyl/N-ethyl adjacent to an activating group) is 1. The van der Waals surface area contributed by atoms with Crippen molar-refractivity contribution in [3.8, 4) is 0 Å². The lowest BCUT2D eigenvalue weighted by molar-refractivity contribution is 0.201. The molecule has 1 atom stereocenters. The number of nitrogens with zero attached hydrogens (tertiary/aromatic N) is 3. The number of anilines is 2. The second-order valence-electron chi connectivity index (χ2n) is 4.95. The molecule has 0 saturated carbocycles. The number of aliphatic hydroxyl groups is 1. The molecule has 0 saturated heterocycles. The van der Waals surface area contributed by atoms with Crippen molar-refractivity contribution >= 4 is 11.6 Å². The summed E-state index contributed by atoms with van der Waals surface area (Å²) in [7, 11) is 1.95. The summed E-state index contributed by atoms with van der Waals surface area (Å²) in [5.41, 5.74) is 1.04. The minimum Gasteiger partial charge on any atom is -0.392 e. The monoisotopic (exact) mass is 266 g/mol. The first-order valence-electron chi connectivity index (χ1n) is 7.00. The van der Waals surface area contributed by atoms with Crippen LogP contribution in [0.5, 0.6) is 0 Å². The minimum atomic E-state index is -0.378. The smallest absolute Gasteiger partial charge is 0.137 e. The van der Waals surface area contributed by atoms with Gasteiger partial charge in [-0.2, -0.15) is 0 Å². The van der Waals surface area contributed by atoms with E-state index in [2.05, 4.69) is 22.2 Å². The molecule has 0 aliphatic rings. The van der Waals surface area contributed by atoms with Crippen molar-refractivity contribution in [3.05, 3.63) is 11.4 Å². The highest BCUT2D eigenvalue weighted by Crippen LogP contribution is 2.23. The van der Waals surface area contributed by atoms with Crippen LogP contribution in [0.4, 0.5) is 11.6 Å². The third-order valence-electron chi connectivity index (χ3n) is 2.92. The summed E-state index contributed by atoms with van der Waals surface area (Å²) in [5.74, 6) is 2.63. The van der Waals surface area contributed by atoms with Crippen molar-refractivity contribution in [2.45, 2.75) is 46.6 Å². The number of hydrogen-bond donors (Lipinski definition) is 2. The molecule has 2 N–H and O–H groups in total. The molecule has 0 bridgehead atoms. The third kappa shape index (κ3) is 4.35. The van der Waals surface area contributed by atoms with Crippen LogP contribution in [0.25, 0.3) is 0 Å². The number of aliphatic hydroxyl groups excluding tert-OH is 1. The molecule has 108 valence electrons. The van der Waals surface area contributed by atoms with Gasteiger partial charge in [-0.3, -0.25) is 0 Å². The Morgan fingerprint density at radius 2 is 2.00 bits per heavy atom. The standard InChI is InChI=1S/C14H26N4O/c1-6-8-15-13-11(4)14(17-12(7-2)16-13)18(5)9-10(3)19/h10,19H,6-9H2,1-5H3,(H,15,16,17). The average molecular weight is 266 g/mol. The molecular weight excluding hydrogens is 240 g/mol. The summed E-state index contributed by atoms with van der Waals surface area (Å²) in [4.78, 5) is 11.1. The highest BCUT2D eigenvalue weighted by Gasteiger charge is 2.14. The van der Waals surface area contributed by atoms with Gasteiger partial charge in [0.1, 0.15) is 17.5 Å². The van der Waals surface area contributed by atoms with E-state index in [9.17, 15) is 5.11 Å². The summed E-state index contributed by atoms with van der Waals surface area (Å²) < 4.78 is 0. The van der Waals surface area contributed by atoms with Crippen LogP contribution in [0, 0.1) is 6.92 Å². The SMILES string of the molecule is CCCNc1nc(CC)nc(N(C)CC(C)O)c1C. The van der Waals surface area contributed by atoms with Gasteiger partial charge in [0.15, 0.2) is 0 Å². The van der Waals surface area contributed by atoms with E-state index in [0.717, 1.165) is 42.4 Å². The Labute approximate surface area is 116 Å². The topological polar surface area (TPSA) is 61.3 Å². The lowest BCUT2D eigenvalue weighted by atomic mass is 10.2. The lowest BCUT2D eigenvalue weighted by Gasteiger charge is -2.23. The van der Waals surface area contributed by atoms with Crippen molar-refractivity contribution in [1.82, 2.24) is 9.97 Å². The predicted molar refractivity (Wildman–Crippen MR) is 79.9 cm³/mol. The van der Waals surface area contributed by atoms with E-state index in [1.54, 1.807) is 6.92 Å². The van der Waals surface area contributed by atoms with Gasteiger partial charge < -0.3 is 15.3 Å². The van der Waals surface area contributed by atoms with Crippen molar-refractivity contribution in [2.24, 2.45) is 0 Å². The number of rotatable bonds is 7. The summed E-state index contributed by atoms with van der Waals surface area (Å²) in [6.45, 7) is 9.45. The van der Waals surface area contributed by atoms with Crippen molar-refractivity contribution in [2.75, 3.05) is 30.4 Å². The Morgan fingerprint density at radius 1 is 1.32 bits per heavy atom. The van der Waals surface area contributed by atoms with Gasteiger partial charge in [-0.25, -0.2) is 9.97 Å². The molecule has 1 rings (SSSR count). The van der Waals surface area contributed by atoms with Gasteiger partial charge in [0, 0.05) is 32.1 Å². The van der Waals surface area contributed by atoms with Crippen LogP contribution in [0.2, 0.25) is 0 Å². The molecule has 1 unspecified atom stereocenters. The van der Waals surface area contributed by atoms with Crippen LogP contribution in [0.15, 0.2) is 0 Å². The third-order valence-corrected chi connectivity index (χ3v) is 2.92. The maximum absolute atomic E-state index is 9.51. The fourth-order valence-electron chi connectivity index (χ4n) is 1.98. The molecule has 0 aliphatic heterocycles. The second kappa shape index (κ2) is 7.28. The van der Waals surface area contributed by atoms with Crippen LogP contribution in [0.3, 0.4) is 0 Å². The van der Waals surface area contributed by atoms with E-state index >= 15 is 0 Å². The number of hydrogen-bond acceptors (Lipinski definition) is 5. The van der Waals surface area contributed by atoms with Gasteiger partial charge >= 0.3 is 0 Å². The molecule has 0 aromatic carbocycles. The number of aryl methyl sites for hydroxylation is 1. The molecular formula is C14H26N4O. The summed E-state index contributed by atoms with van der Waals surface area (Å²) in [5, 5.41) is 12.9. The molecule has 5 heteroatoms. The van der Waals surface area contributed by atoms with Crippen molar-refractivity contribution in [1.29, 1.82) is 0 Å². The molecule has 19 heavy (non-hydrogen) atoms. The predicted octanol–water partition coefficient (Wildman–Crippen LogP) is 1.99. The second-order valence-corrected chi connectivity index (χ2v) is 4.95. The van der Waals surface area contributed by atoms with E-state index in [4.69, 9.17) is 0 Å². The van der Waals surface area contributed by atoms with E-state index in [-0.39, 0.29) is 6.10 Å². The molecule has 0 radical (unpaired) electrons. The highest BCUT2D eigenvalue weighted by molar-refractivity contribution is 5.58. The fraction of sp³-hybridized carbons (Fsp3) is 0.714. The van der Waals surface area contributed by atoms with E-state index in [0.29, 0.717) is 6.54 Å². The van der Waals surface area contributed by atoms with Gasteiger partial charge in [-0.05, 0) is 20.3 Å². The van der Waals surface area contributed by atoms with Crippen LogP contribution in [-0.4, -0.2) is 41.3 Å². The van der Waals surface area contributed by atoms with Crippen molar-refractivity contribution in [3.63, 3.8) is 0 Å². The van der Waals surface area contributed by atoms with Gasteiger partial charge in [-0.1, -0.05) is 13.8 Å². The average Bonchev–Trinajstić information content (AvgIpc) is 2.36. The molecule has 5 nitrogen and oxygen atoms in total. The molecule has 1 aromatic heterocycles. The Bertz CT molecular complexity index is 407. The van der Waals surface area contributed by atoms with Crippen LogP contribution < -0.4 is 10.2 Å². The van der Waals surface area contributed by atoms with E-state index in [1.165, 1.54) is 0 Å². The quantitative estimate of drug-likeness (QED) is 0.790. The van der Waals surface area contributed by atoms with Gasteiger partial charge in [0.05, 0.1) is 6.10 Å². The largest absolute Gasteiger partial charge is 0.392 e. The molecule has 0 amide bonds. The van der Waals surface area contributed by atoms with Crippen LogP contribution in [-0.2, 0) is 6.42 Å². The van der Waals surface area contributed by atoms with Crippen molar-refractivity contribution < 1.29 is 5.11 Å². The molecule has 0 fully saturated rings. The van der Waals surface area contributed by atoms with E-state index < -0.39 is 0 Å². The highest BCUT2D eigenvalue weighted by atomic mass is 16.3. The Kier molecular flexibility index (Phi) is 6.02. The molecule has 1 heterocycles. The molecule has 1 aromatic rings.